The van der Waals surface area contributed by atoms with E-state index >= 15 is 0 Å². The Morgan fingerprint density at radius 2 is 1.38 bits per heavy atom. The molecule has 2 aromatic heterocycles. The van der Waals surface area contributed by atoms with Crippen LogP contribution in [0.15, 0.2) is 24.5 Å². The third kappa shape index (κ3) is 9.03. The summed E-state index contributed by atoms with van der Waals surface area (Å²) in [4.78, 5) is 30.1. The first-order chi connectivity index (χ1) is 12.2. The van der Waals surface area contributed by atoms with Crippen molar-refractivity contribution in [3.63, 3.8) is 0 Å². The molecule has 6 nitrogen and oxygen atoms in total. The van der Waals surface area contributed by atoms with Crippen LogP contribution in [0, 0.1) is 14.1 Å². The second-order valence-electron chi connectivity index (χ2n) is 5.01. The number of hydrogen-bond acceptors (Lipinski definition) is 6. The number of pyridine rings is 2. The van der Waals surface area contributed by atoms with E-state index in [0.29, 0.717) is 11.4 Å². The molecule has 0 saturated carbocycles. The van der Waals surface area contributed by atoms with Crippen LogP contribution in [0.3, 0.4) is 0 Å². The number of nitrogens with zero attached hydrogens (tertiary/aromatic N) is 2. The summed E-state index contributed by atoms with van der Waals surface area (Å²) in [5.74, 6) is 0.0714. The van der Waals surface area contributed by atoms with Crippen LogP contribution in [-0.2, 0) is 18.0 Å². The molecule has 0 atom stereocenters. The molecule has 0 fully saturated rings. The van der Waals surface area contributed by atoms with Crippen molar-refractivity contribution in [3.8, 4) is 0 Å². The van der Waals surface area contributed by atoms with Crippen molar-refractivity contribution < 1.29 is 18.0 Å². The second-order valence-corrected chi connectivity index (χ2v) is 7.64. The lowest BCUT2D eigenvalue weighted by Crippen LogP contribution is -2.02. The SMILES string of the molecule is CC(=O)c1ncc(I)cc1C.CCc1cc(I)cnc1C(C)=O.O=S=O. The highest BCUT2D eigenvalue weighted by Gasteiger charge is 2.07. The van der Waals surface area contributed by atoms with Gasteiger partial charge in [0, 0.05) is 33.4 Å². The average Bonchev–Trinajstić information content (AvgIpc) is 2.55. The Hall–Kier alpha value is -1.08. The highest BCUT2D eigenvalue weighted by molar-refractivity contribution is 14.1. The molecule has 2 rings (SSSR count). The number of Topliss-reactive ketones (excluding diaryl/α,β-unsaturated/α-hetero) is 2. The van der Waals surface area contributed by atoms with Crippen LogP contribution in [0.5, 0.6) is 0 Å². The number of ketones is 2. The van der Waals surface area contributed by atoms with Crippen LogP contribution in [0.1, 0.15) is 52.9 Å². The minimum absolute atomic E-state index is 0.0268. The minimum Gasteiger partial charge on any atom is -0.293 e. The fraction of sp³-hybridized carbons (Fsp3) is 0.294. The maximum Gasteiger partial charge on any atom is 0.335 e. The van der Waals surface area contributed by atoms with E-state index in [1.54, 1.807) is 19.3 Å². The van der Waals surface area contributed by atoms with Gasteiger partial charge in [-0.05, 0) is 81.8 Å². The summed E-state index contributed by atoms with van der Waals surface area (Å²) in [7, 11) is 0. The lowest BCUT2D eigenvalue weighted by Gasteiger charge is -2.02. The molecule has 0 saturated heterocycles. The van der Waals surface area contributed by atoms with Crippen molar-refractivity contribution in [2.24, 2.45) is 0 Å². The van der Waals surface area contributed by atoms with Crippen molar-refractivity contribution >= 4 is 68.3 Å². The Bertz CT molecular complexity index is 822. The van der Waals surface area contributed by atoms with Gasteiger partial charge in [0.15, 0.2) is 11.6 Å². The fourth-order valence-corrected chi connectivity index (χ4v) is 3.10. The molecule has 0 radical (unpaired) electrons. The summed E-state index contributed by atoms with van der Waals surface area (Å²) in [6.45, 7) is 7.00. The van der Waals surface area contributed by atoms with Gasteiger partial charge in [0.2, 0.25) is 0 Å². The van der Waals surface area contributed by atoms with E-state index in [9.17, 15) is 9.59 Å². The highest BCUT2D eigenvalue weighted by Crippen LogP contribution is 2.12. The Labute approximate surface area is 183 Å². The molecule has 2 heterocycles. The maximum atomic E-state index is 11.1. The van der Waals surface area contributed by atoms with E-state index in [1.165, 1.54) is 6.92 Å². The zero-order chi connectivity index (χ0) is 20.3. The number of aromatic nitrogens is 2. The van der Waals surface area contributed by atoms with E-state index in [-0.39, 0.29) is 11.6 Å². The van der Waals surface area contributed by atoms with Gasteiger partial charge < -0.3 is 0 Å². The van der Waals surface area contributed by atoms with Crippen molar-refractivity contribution in [1.82, 2.24) is 9.97 Å². The van der Waals surface area contributed by atoms with E-state index in [2.05, 4.69) is 55.1 Å². The van der Waals surface area contributed by atoms with E-state index in [1.807, 2.05) is 26.0 Å². The second kappa shape index (κ2) is 13.1. The summed E-state index contributed by atoms with van der Waals surface area (Å²) in [6.07, 6.45) is 4.28. The molecule has 9 heteroatoms. The number of halogens is 2. The first-order valence-corrected chi connectivity index (χ1v) is 10.2. The molecule has 0 aliphatic heterocycles. The standard InChI is InChI=1S/C9H10INO.C8H8INO.O2S/c1-3-7-4-8(10)5-11-9(7)6(2)12;1-5-3-7(9)4-10-8(5)6(2)11;1-3-2/h4-5H,3H2,1-2H3;3-4H,1-2H3;. The number of aryl methyl sites for hydroxylation is 2. The first-order valence-electron chi connectivity index (χ1n) is 7.38. The Morgan fingerprint density at radius 3 is 1.77 bits per heavy atom. The van der Waals surface area contributed by atoms with Gasteiger partial charge in [-0.25, -0.2) is 0 Å². The quantitative estimate of drug-likeness (QED) is 0.391. The van der Waals surface area contributed by atoms with Crippen LogP contribution in [0.4, 0.5) is 0 Å². The van der Waals surface area contributed by atoms with Crippen LogP contribution >= 0.6 is 45.2 Å². The summed E-state index contributed by atoms with van der Waals surface area (Å²) >= 11 is 3.62. The molecule has 0 aliphatic rings. The largest absolute Gasteiger partial charge is 0.335 e. The molecule has 26 heavy (non-hydrogen) atoms. The zero-order valence-corrected chi connectivity index (χ0v) is 19.8. The van der Waals surface area contributed by atoms with Gasteiger partial charge in [0.25, 0.3) is 0 Å². The third-order valence-electron chi connectivity index (χ3n) is 3.03. The van der Waals surface area contributed by atoms with Gasteiger partial charge in [0.05, 0.1) is 0 Å². The first kappa shape index (κ1) is 24.9. The van der Waals surface area contributed by atoms with Gasteiger partial charge >= 0.3 is 11.6 Å². The van der Waals surface area contributed by atoms with Crippen LogP contribution in [0.25, 0.3) is 0 Å². The molecule has 0 bridgehead atoms. The molecule has 2 aromatic rings. The summed E-state index contributed by atoms with van der Waals surface area (Å²) in [5, 5.41) is 0. The Kier molecular flexibility index (Phi) is 12.6. The molecule has 0 unspecified atom stereocenters. The Balaban J connectivity index is 0.000000419. The predicted molar refractivity (Wildman–Crippen MR) is 117 cm³/mol. The van der Waals surface area contributed by atoms with E-state index < -0.39 is 11.6 Å². The lowest BCUT2D eigenvalue weighted by molar-refractivity contribution is 0.0999. The van der Waals surface area contributed by atoms with Crippen molar-refractivity contribution in [2.75, 3.05) is 0 Å². The van der Waals surface area contributed by atoms with Gasteiger partial charge in [-0.3, -0.25) is 19.6 Å². The average molecular weight is 600 g/mol. The van der Waals surface area contributed by atoms with Crippen LogP contribution in [0.2, 0.25) is 0 Å². The summed E-state index contributed by atoms with van der Waals surface area (Å²) in [6, 6.07) is 3.95. The number of carbonyl (C=O) groups is 2. The zero-order valence-electron chi connectivity index (χ0n) is 14.7. The number of rotatable bonds is 3. The van der Waals surface area contributed by atoms with Crippen LogP contribution in [-0.4, -0.2) is 30.0 Å². The molecule has 0 N–H and O–H groups in total. The molecular formula is C17H18I2N2O4S. The molecule has 0 aliphatic carbocycles. The van der Waals surface area contributed by atoms with Crippen molar-refractivity contribution in [3.05, 3.63) is 54.2 Å². The summed E-state index contributed by atoms with van der Waals surface area (Å²) < 4.78 is 18.7. The van der Waals surface area contributed by atoms with Crippen LogP contribution < -0.4 is 0 Å². The van der Waals surface area contributed by atoms with Crippen molar-refractivity contribution in [1.29, 1.82) is 0 Å². The van der Waals surface area contributed by atoms with Gasteiger partial charge in [-0.1, -0.05) is 6.92 Å². The van der Waals surface area contributed by atoms with Crippen molar-refractivity contribution in [2.45, 2.75) is 34.1 Å². The molecular weight excluding hydrogens is 582 g/mol. The van der Waals surface area contributed by atoms with E-state index in [0.717, 1.165) is 24.7 Å². The van der Waals surface area contributed by atoms with Gasteiger partial charge in [-0.2, -0.15) is 8.42 Å². The Morgan fingerprint density at radius 1 is 0.962 bits per heavy atom. The lowest BCUT2D eigenvalue weighted by atomic mass is 10.1. The topological polar surface area (TPSA) is 94.1 Å². The fourth-order valence-electron chi connectivity index (χ4n) is 1.98. The van der Waals surface area contributed by atoms with Gasteiger partial charge in [0.1, 0.15) is 11.4 Å². The minimum atomic E-state index is -0.750. The predicted octanol–water partition coefficient (Wildman–Crippen LogP) is 3.98. The molecule has 0 spiro atoms. The maximum absolute atomic E-state index is 11.1. The van der Waals surface area contributed by atoms with E-state index in [4.69, 9.17) is 8.42 Å². The molecule has 0 aromatic carbocycles. The molecule has 0 amide bonds. The molecule has 140 valence electrons. The highest BCUT2D eigenvalue weighted by atomic mass is 127. The smallest absolute Gasteiger partial charge is 0.293 e. The summed E-state index contributed by atoms with van der Waals surface area (Å²) in [5.41, 5.74) is 3.17. The number of hydrogen-bond donors (Lipinski definition) is 0. The monoisotopic (exact) mass is 600 g/mol. The van der Waals surface area contributed by atoms with Gasteiger partial charge in [-0.15, -0.1) is 0 Å². The number of carbonyl (C=O) groups excluding carboxylic acids is 2. The normalized spacial score (nSPS) is 9.15. The third-order valence-corrected chi connectivity index (χ3v) is 4.21.